The van der Waals surface area contributed by atoms with E-state index in [2.05, 4.69) is 20.5 Å². The maximum Gasteiger partial charge on any atom is 1.00 e. The molecule has 0 unspecified atom stereocenters. The fourth-order valence-corrected chi connectivity index (χ4v) is 8.62. The molecule has 0 aliphatic carbocycles. The molecule has 0 amide bonds. The second kappa shape index (κ2) is 21.9. The van der Waals surface area contributed by atoms with Crippen LogP contribution >= 0.6 is 0 Å². The van der Waals surface area contributed by atoms with Gasteiger partial charge in [0.05, 0.1) is 37.1 Å². The molecule has 304 valence electrons. The molecule has 28 heteroatoms. The van der Waals surface area contributed by atoms with Crippen molar-refractivity contribution in [1.82, 2.24) is 0 Å². The van der Waals surface area contributed by atoms with Crippen LogP contribution in [-0.4, -0.2) is 54.6 Å². The number of nitrogen functional groups attached to an aromatic ring is 2. The van der Waals surface area contributed by atoms with Gasteiger partial charge in [0.2, 0.25) is 0 Å². The second-order valence-electron chi connectivity index (χ2n) is 12.3. The minimum atomic E-state index is -5.37. The number of anilines is 2. The number of nitrogens with two attached hydrogens (primary N) is 2. The maximum atomic E-state index is 11.9. The number of phenols is 2. The van der Waals surface area contributed by atoms with Crippen LogP contribution < -0.4 is 130 Å². The van der Waals surface area contributed by atoms with E-state index in [9.17, 15) is 57.5 Å². The van der Waals surface area contributed by atoms with Crippen LogP contribution in [0.1, 0.15) is 11.1 Å². The molecular weight excluding hydrogens is 937 g/mol. The third kappa shape index (κ3) is 11.8. The van der Waals surface area contributed by atoms with Gasteiger partial charge in [-0.2, -0.15) is 10.2 Å². The van der Waals surface area contributed by atoms with Crippen molar-refractivity contribution in [1.29, 1.82) is 0 Å². The minimum Gasteiger partial charge on any atom is -0.870 e. The summed E-state index contributed by atoms with van der Waals surface area (Å²) < 4.78 is 130. The molecule has 0 fully saturated rings. The first-order chi connectivity index (χ1) is 26.5. The Morgan fingerprint density at radius 1 is 0.516 bits per heavy atom. The summed E-state index contributed by atoms with van der Waals surface area (Å²) in [4.78, 5) is -3.90. The van der Waals surface area contributed by atoms with Crippen LogP contribution in [-0.2, 0) is 49.5 Å². The van der Waals surface area contributed by atoms with E-state index in [1.807, 2.05) is 0 Å². The van der Waals surface area contributed by atoms with Gasteiger partial charge in [0.1, 0.15) is 41.7 Å². The van der Waals surface area contributed by atoms with E-state index < -0.39 is 99.7 Å². The number of hydrogen-bond acceptors (Lipinski definition) is 21. The van der Waals surface area contributed by atoms with Gasteiger partial charge in [0.15, 0.2) is 11.5 Å². The smallest absolute Gasteiger partial charge is 0.870 e. The number of nitrogens with zero attached hydrogens (tertiary/aromatic N) is 4. The van der Waals surface area contributed by atoms with Crippen LogP contribution in [0.25, 0.3) is 32.7 Å². The molecule has 0 aliphatic heterocycles. The van der Waals surface area contributed by atoms with E-state index in [1.54, 1.807) is 50.2 Å². The number of hydrogen-bond donors (Lipinski definition) is 4. The standard InChI is InChI=1S/C34H27N6O13S4.4Na.H2O/c1-15-11-17(3-7-21(15)37-39-23-9-5-19-26(55(45,46)47)13-25(54(43)44)31(35)29(19)33(23)41)18-4-8-22(16(2)12-18)38-40-24-10-6-20-27(56(48,49)50)14-28(57(51,52)53)32(36)30(20)34(24)42;;;;;/h3-14,41-42H,35-36H2,1-2H3,(H,45,46,47)(H,48,49,50)(H,51,52,53);;;;;1H2/q-1;4*+1;/p-4. The summed E-state index contributed by atoms with van der Waals surface area (Å²) in [5.74, 6) is -1.54. The van der Waals surface area contributed by atoms with Crippen molar-refractivity contribution in [2.75, 3.05) is 11.5 Å². The molecule has 6 rings (SSSR count). The Kier molecular flexibility index (Phi) is 20.5. The molecule has 0 aliphatic rings. The van der Waals surface area contributed by atoms with E-state index in [4.69, 9.17) is 11.5 Å². The summed E-state index contributed by atoms with van der Waals surface area (Å²) in [6.07, 6.45) is 0. The van der Waals surface area contributed by atoms with Crippen LogP contribution in [0.3, 0.4) is 0 Å². The molecular formula is C34H25N6Na4O14S4-. The first kappa shape index (κ1) is 57.9. The van der Waals surface area contributed by atoms with E-state index in [0.717, 1.165) is 29.3 Å². The van der Waals surface area contributed by atoms with Crippen LogP contribution in [0.2, 0.25) is 0 Å². The van der Waals surface area contributed by atoms with Crippen LogP contribution in [0.5, 0.6) is 11.5 Å². The minimum absolute atomic E-state index is 0. The second-order valence-corrected chi connectivity index (χ2v) is 17.2. The molecule has 0 bridgehead atoms. The van der Waals surface area contributed by atoms with Crippen molar-refractivity contribution < 1.29 is 181 Å². The van der Waals surface area contributed by atoms with Crippen LogP contribution in [0.4, 0.5) is 34.1 Å². The summed E-state index contributed by atoms with van der Waals surface area (Å²) >= 11 is 0. The molecule has 0 heterocycles. The average molecular weight is 962 g/mol. The van der Waals surface area contributed by atoms with Gasteiger partial charge in [-0.1, -0.05) is 35.2 Å². The number of aryl methyl sites for hydroxylation is 2. The van der Waals surface area contributed by atoms with Gasteiger partial charge >= 0.3 is 118 Å². The molecule has 62 heavy (non-hydrogen) atoms. The summed E-state index contributed by atoms with van der Waals surface area (Å²) in [5, 5.41) is 36.4. The first-order valence-electron chi connectivity index (χ1n) is 15.7. The predicted molar refractivity (Wildman–Crippen MR) is 203 cm³/mol. The summed E-state index contributed by atoms with van der Waals surface area (Å²) in [5.41, 5.74) is 13.3. The first-order valence-corrected chi connectivity index (χ1v) is 21.0. The molecule has 0 saturated heterocycles. The Labute approximate surface area is 444 Å². The molecule has 6 aromatic rings. The fraction of sp³-hybridized carbons (Fsp3) is 0.0588. The van der Waals surface area contributed by atoms with Gasteiger partial charge < -0.3 is 49.2 Å². The van der Waals surface area contributed by atoms with Crippen molar-refractivity contribution in [3.05, 3.63) is 83.9 Å². The van der Waals surface area contributed by atoms with Gasteiger partial charge in [0, 0.05) is 21.8 Å². The number of fused-ring (bicyclic) bond motifs is 2. The van der Waals surface area contributed by atoms with Crippen molar-refractivity contribution in [2.45, 2.75) is 33.4 Å². The number of aromatic hydroxyl groups is 2. The van der Waals surface area contributed by atoms with Crippen molar-refractivity contribution >= 4 is 96.7 Å². The molecule has 0 atom stereocenters. The Bertz CT molecular complexity index is 3240. The maximum absolute atomic E-state index is 11.9. The molecule has 6 aromatic carbocycles. The number of azo groups is 2. The van der Waals surface area contributed by atoms with E-state index in [1.165, 1.54) is 6.07 Å². The fourth-order valence-electron chi connectivity index (χ4n) is 5.94. The van der Waals surface area contributed by atoms with Gasteiger partial charge in [-0.3, -0.25) is 0 Å². The third-order valence-electron chi connectivity index (χ3n) is 8.68. The van der Waals surface area contributed by atoms with Crippen molar-refractivity contribution in [3.8, 4) is 22.6 Å². The van der Waals surface area contributed by atoms with Gasteiger partial charge in [0.25, 0.3) is 0 Å². The Balaban J connectivity index is 0.00000384. The summed E-state index contributed by atoms with van der Waals surface area (Å²) in [6.45, 7) is 3.43. The Morgan fingerprint density at radius 3 is 1.21 bits per heavy atom. The van der Waals surface area contributed by atoms with Crippen LogP contribution in [0, 0.1) is 13.8 Å². The quantitative estimate of drug-likeness (QED) is 0.0344. The molecule has 0 spiro atoms. The zero-order chi connectivity index (χ0) is 41.9. The van der Waals surface area contributed by atoms with Crippen LogP contribution in [0.15, 0.2) is 113 Å². The summed E-state index contributed by atoms with van der Waals surface area (Å²) in [6, 6.07) is 15.6. The number of phenolic OH excluding ortho intramolecular Hbond substituents is 2. The largest absolute Gasteiger partial charge is 1.00 e. The molecule has 0 aromatic heterocycles. The van der Waals surface area contributed by atoms with Gasteiger partial charge in [-0.05, 0) is 89.3 Å². The molecule has 0 saturated carbocycles. The zero-order valence-corrected chi connectivity index (χ0v) is 44.6. The average Bonchev–Trinajstić information content (AvgIpc) is 3.10. The topological polar surface area (TPSA) is 378 Å². The summed E-state index contributed by atoms with van der Waals surface area (Å²) in [7, 11) is -18.9. The van der Waals surface area contributed by atoms with Gasteiger partial charge in [-0.25, -0.2) is 25.3 Å². The number of rotatable bonds is 9. The monoisotopic (exact) mass is 961 g/mol. The predicted octanol–water partition coefficient (Wildman–Crippen LogP) is -6.10. The van der Waals surface area contributed by atoms with Gasteiger partial charge in [-0.15, -0.1) is 10.2 Å². The van der Waals surface area contributed by atoms with Crippen molar-refractivity contribution in [2.24, 2.45) is 20.5 Å². The Hall–Kier alpha value is -2.12. The Morgan fingerprint density at radius 2 is 0.855 bits per heavy atom. The van der Waals surface area contributed by atoms with E-state index in [0.29, 0.717) is 34.6 Å². The molecule has 0 radical (unpaired) electrons. The van der Waals surface area contributed by atoms with E-state index >= 15 is 0 Å². The van der Waals surface area contributed by atoms with E-state index in [-0.39, 0.29) is 140 Å². The molecule has 20 nitrogen and oxygen atoms in total. The molecule has 7 N–H and O–H groups in total. The zero-order valence-electron chi connectivity index (χ0n) is 33.3. The third-order valence-corrected chi connectivity index (χ3v) is 12.0. The van der Waals surface area contributed by atoms with Crippen molar-refractivity contribution in [3.63, 3.8) is 0 Å². The number of benzene rings is 6. The SMILES string of the molecule is Cc1cc(-c2ccc(N=Nc3ccc4c(S(=O)(=O)[O-])cc(S(=O)(=O)[O-])c(N)c4c3O)c(C)c2)ccc1N=Nc1ccc2c(S(=O)(=O)[O-])cc([S-](=O)=O)c(N)c2c1O.[Na+].[Na+].[Na+].[Na+].[OH-]. The normalized spacial score (nSPS) is 11.8.